The number of carbonyl (C=O) groups is 3. The second kappa shape index (κ2) is 17.3. The summed E-state index contributed by atoms with van der Waals surface area (Å²) in [5, 5.41) is 3.63. The summed E-state index contributed by atoms with van der Waals surface area (Å²) in [5.41, 5.74) is 4.57. The molecule has 1 saturated carbocycles. The van der Waals surface area contributed by atoms with Gasteiger partial charge in [-0.3, -0.25) is 14.4 Å². The standard InChI is InChI=1S/C41H46F3N3O6/c1-26-6-3-8-31(22-26)52-21-19-47(30-15-16-30)41(50)38-32(23-29-24-46(25-35(38)45-29)36(48)9-4-10-37(49)51-2)28-13-11-27(12-14-28)7-5-20-53-40-34(43)18-17-33(42)39(40)44/h3,6,8,11-14,17-18,22,29-30,35,45H,4-5,7,9-10,15-16,19-21,23-25H2,1-2H3/t29-,35-/m1/s1. The predicted molar refractivity (Wildman–Crippen MR) is 193 cm³/mol. The Bertz CT molecular complexity index is 1830. The van der Waals surface area contributed by atoms with Crippen molar-refractivity contribution in [2.45, 2.75) is 76.4 Å². The minimum Gasteiger partial charge on any atom is -0.492 e. The first-order valence-electron chi connectivity index (χ1n) is 18.3. The molecule has 2 amide bonds. The molecule has 6 rings (SSSR count). The maximum atomic E-state index is 14.7. The third kappa shape index (κ3) is 9.59. The lowest BCUT2D eigenvalue weighted by molar-refractivity contribution is -0.141. The van der Waals surface area contributed by atoms with E-state index in [4.69, 9.17) is 14.2 Å². The van der Waals surface area contributed by atoms with Gasteiger partial charge in [0, 0.05) is 43.6 Å². The highest BCUT2D eigenvalue weighted by molar-refractivity contribution is 6.03. The molecular weight excluding hydrogens is 687 g/mol. The fourth-order valence-corrected chi connectivity index (χ4v) is 7.14. The number of rotatable bonds is 16. The van der Waals surface area contributed by atoms with Crippen LogP contribution in [0.3, 0.4) is 0 Å². The molecule has 12 heteroatoms. The van der Waals surface area contributed by atoms with E-state index < -0.39 is 23.2 Å². The number of hydrogen-bond acceptors (Lipinski definition) is 7. The average Bonchev–Trinajstić information content (AvgIpc) is 4.00. The highest BCUT2D eigenvalue weighted by atomic mass is 19.2. The van der Waals surface area contributed by atoms with Crippen molar-refractivity contribution in [1.82, 2.24) is 15.1 Å². The number of hydrogen-bond donors (Lipinski definition) is 1. The predicted octanol–water partition coefficient (Wildman–Crippen LogP) is 6.16. The van der Waals surface area contributed by atoms with Crippen LogP contribution in [0.5, 0.6) is 11.5 Å². The number of esters is 1. The maximum Gasteiger partial charge on any atom is 0.305 e. The second-order valence-corrected chi connectivity index (χ2v) is 14.0. The normalized spacial score (nSPS) is 18.1. The van der Waals surface area contributed by atoms with E-state index >= 15 is 0 Å². The summed E-state index contributed by atoms with van der Waals surface area (Å²) in [6, 6.07) is 17.0. The molecule has 2 fully saturated rings. The molecule has 53 heavy (non-hydrogen) atoms. The van der Waals surface area contributed by atoms with Crippen LogP contribution >= 0.6 is 0 Å². The molecule has 3 aliphatic rings. The lowest BCUT2D eigenvalue weighted by Crippen LogP contribution is -2.62. The molecule has 3 aromatic rings. The SMILES string of the molecule is COC(=O)CCCC(=O)N1C[C@H]2CC(c3ccc(CCCOc4c(F)ccc(F)c4F)cc3)=C(C(=O)N(CCOc3cccc(C)c3)C3CC3)[C@@H](C1)N2. The summed E-state index contributed by atoms with van der Waals surface area (Å²) < 4.78 is 57.5. The van der Waals surface area contributed by atoms with E-state index in [9.17, 15) is 27.6 Å². The summed E-state index contributed by atoms with van der Waals surface area (Å²) in [5.74, 6) is -3.90. The van der Waals surface area contributed by atoms with Crippen LogP contribution in [0.4, 0.5) is 13.2 Å². The van der Waals surface area contributed by atoms with Crippen LogP contribution in [-0.2, 0) is 25.5 Å². The summed E-state index contributed by atoms with van der Waals surface area (Å²) in [4.78, 5) is 43.3. The first kappa shape index (κ1) is 37.9. The first-order chi connectivity index (χ1) is 25.6. The fraction of sp³-hybridized carbons (Fsp3) is 0.439. The monoisotopic (exact) mass is 733 g/mol. The largest absolute Gasteiger partial charge is 0.492 e. The molecule has 1 saturated heterocycles. The number of benzene rings is 3. The van der Waals surface area contributed by atoms with Crippen LogP contribution in [0.2, 0.25) is 0 Å². The lowest BCUT2D eigenvalue weighted by Gasteiger charge is -2.45. The van der Waals surface area contributed by atoms with E-state index in [-0.39, 0.29) is 55.4 Å². The highest BCUT2D eigenvalue weighted by Gasteiger charge is 2.43. The zero-order valence-corrected chi connectivity index (χ0v) is 30.2. The van der Waals surface area contributed by atoms with Crippen LogP contribution in [0.1, 0.15) is 61.6 Å². The Balaban J connectivity index is 1.19. The Labute approximate surface area is 308 Å². The minimum atomic E-state index is -1.34. The van der Waals surface area contributed by atoms with Crippen LogP contribution in [0, 0.1) is 24.4 Å². The molecular formula is C41H46F3N3O6. The van der Waals surface area contributed by atoms with Gasteiger partial charge in [-0.2, -0.15) is 4.39 Å². The summed E-state index contributed by atoms with van der Waals surface area (Å²) in [6.45, 7) is 3.59. The van der Waals surface area contributed by atoms with Crippen molar-refractivity contribution < 1.29 is 41.8 Å². The maximum absolute atomic E-state index is 14.7. The number of nitrogens with one attached hydrogen (secondary N) is 1. The van der Waals surface area contributed by atoms with Crippen LogP contribution in [0.25, 0.3) is 5.57 Å². The van der Waals surface area contributed by atoms with Gasteiger partial charge in [0.05, 0.1) is 26.3 Å². The van der Waals surface area contributed by atoms with E-state index in [1.807, 2.05) is 65.3 Å². The van der Waals surface area contributed by atoms with Gasteiger partial charge in [-0.25, -0.2) is 8.78 Å². The number of ether oxygens (including phenoxy) is 3. The van der Waals surface area contributed by atoms with Gasteiger partial charge in [0.25, 0.3) is 5.91 Å². The van der Waals surface area contributed by atoms with Crippen molar-refractivity contribution in [3.8, 4) is 11.5 Å². The quantitative estimate of drug-likeness (QED) is 0.107. The van der Waals surface area contributed by atoms with E-state index in [2.05, 4.69) is 5.32 Å². The van der Waals surface area contributed by atoms with Crippen molar-refractivity contribution in [2.24, 2.45) is 0 Å². The Kier molecular flexibility index (Phi) is 12.4. The van der Waals surface area contributed by atoms with E-state index in [1.54, 1.807) is 0 Å². The van der Waals surface area contributed by atoms with E-state index in [1.165, 1.54) is 7.11 Å². The number of fused-ring (bicyclic) bond motifs is 2. The van der Waals surface area contributed by atoms with Gasteiger partial charge in [-0.05, 0) is 92.0 Å². The van der Waals surface area contributed by atoms with Crippen molar-refractivity contribution in [1.29, 1.82) is 0 Å². The molecule has 282 valence electrons. The molecule has 2 atom stereocenters. The highest BCUT2D eigenvalue weighted by Crippen LogP contribution is 2.37. The summed E-state index contributed by atoms with van der Waals surface area (Å²) >= 11 is 0. The Morgan fingerprint density at radius 1 is 0.906 bits per heavy atom. The molecule has 1 aliphatic carbocycles. The van der Waals surface area contributed by atoms with Crippen molar-refractivity contribution in [3.05, 3.63) is 100 Å². The molecule has 2 bridgehead atoms. The van der Waals surface area contributed by atoms with E-state index in [0.717, 1.165) is 53.0 Å². The van der Waals surface area contributed by atoms with Gasteiger partial charge in [-0.15, -0.1) is 0 Å². The number of nitrogens with zero attached hydrogens (tertiary/aromatic N) is 2. The van der Waals surface area contributed by atoms with Crippen LogP contribution in [0.15, 0.2) is 66.2 Å². The number of amides is 2. The molecule has 0 unspecified atom stereocenters. The Morgan fingerprint density at radius 2 is 1.68 bits per heavy atom. The third-order valence-electron chi connectivity index (χ3n) is 9.99. The minimum absolute atomic E-state index is 0.000378. The van der Waals surface area contributed by atoms with E-state index in [0.29, 0.717) is 57.5 Å². The van der Waals surface area contributed by atoms with Gasteiger partial charge in [-0.1, -0.05) is 36.4 Å². The van der Waals surface area contributed by atoms with Gasteiger partial charge in [0.1, 0.15) is 12.4 Å². The molecule has 3 aromatic carbocycles. The fourth-order valence-electron chi connectivity index (χ4n) is 7.14. The Hall–Kier alpha value is -4.84. The zero-order chi connectivity index (χ0) is 37.5. The Morgan fingerprint density at radius 3 is 2.42 bits per heavy atom. The number of piperazine rings is 1. The number of halogens is 3. The molecule has 9 nitrogen and oxygen atoms in total. The second-order valence-electron chi connectivity index (χ2n) is 14.0. The zero-order valence-electron chi connectivity index (χ0n) is 30.2. The van der Waals surface area contributed by atoms with Gasteiger partial charge in [0.2, 0.25) is 11.7 Å². The smallest absolute Gasteiger partial charge is 0.305 e. The third-order valence-corrected chi connectivity index (χ3v) is 9.99. The molecule has 2 aliphatic heterocycles. The first-order valence-corrected chi connectivity index (χ1v) is 18.3. The number of aryl methyl sites for hydroxylation is 2. The molecule has 0 aromatic heterocycles. The van der Waals surface area contributed by atoms with Gasteiger partial charge in [0.15, 0.2) is 17.4 Å². The van der Waals surface area contributed by atoms with Crippen LogP contribution < -0.4 is 14.8 Å². The van der Waals surface area contributed by atoms with Crippen molar-refractivity contribution >= 4 is 23.4 Å². The molecule has 0 spiro atoms. The average molecular weight is 734 g/mol. The number of carbonyl (C=O) groups excluding carboxylic acids is 3. The number of methoxy groups -OCH3 is 1. The van der Waals surface area contributed by atoms with Crippen molar-refractivity contribution in [2.75, 3.05) is 40.0 Å². The molecule has 0 radical (unpaired) electrons. The lowest BCUT2D eigenvalue weighted by atomic mass is 9.82. The summed E-state index contributed by atoms with van der Waals surface area (Å²) in [6.07, 6.45) is 4.16. The van der Waals surface area contributed by atoms with Gasteiger partial charge >= 0.3 is 5.97 Å². The topological polar surface area (TPSA) is 97.4 Å². The van der Waals surface area contributed by atoms with Crippen molar-refractivity contribution in [3.63, 3.8) is 0 Å². The summed E-state index contributed by atoms with van der Waals surface area (Å²) in [7, 11) is 1.33. The molecule has 1 N–H and O–H groups in total. The molecule has 2 heterocycles. The van der Waals surface area contributed by atoms with Crippen LogP contribution in [-0.4, -0.2) is 85.7 Å². The van der Waals surface area contributed by atoms with Gasteiger partial charge < -0.3 is 29.3 Å².